The van der Waals surface area contributed by atoms with Crippen LogP contribution in [-0.2, 0) is 25.1 Å². The Balaban J connectivity index is 1.64. The smallest absolute Gasteiger partial charge is 0.376 e. The van der Waals surface area contributed by atoms with Crippen molar-refractivity contribution in [1.29, 1.82) is 0 Å². The van der Waals surface area contributed by atoms with Crippen molar-refractivity contribution in [3.63, 3.8) is 0 Å². The van der Waals surface area contributed by atoms with Crippen LogP contribution in [-0.4, -0.2) is 32.7 Å². The van der Waals surface area contributed by atoms with Crippen molar-refractivity contribution >= 4 is 38.4 Å². The number of fused-ring (bicyclic) bond motifs is 1. The summed E-state index contributed by atoms with van der Waals surface area (Å²) in [4.78, 5) is 24.6. The van der Waals surface area contributed by atoms with Gasteiger partial charge in [0, 0.05) is 11.8 Å². The average Bonchev–Trinajstić information content (AvgIpc) is 3.07. The number of benzene rings is 2. The third-order valence-electron chi connectivity index (χ3n) is 4.41. The lowest BCUT2D eigenvalue weighted by Crippen LogP contribution is -2.16. The zero-order chi connectivity index (χ0) is 21.6. The van der Waals surface area contributed by atoms with Gasteiger partial charge in [-0.1, -0.05) is 42.5 Å². The summed E-state index contributed by atoms with van der Waals surface area (Å²) < 4.78 is 35.1. The lowest BCUT2D eigenvalue weighted by molar-refractivity contribution is -0.116. The SMILES string of the molecule is CCOC(=O)c1oc2ccccc2c1NC(=O)CCCS(=O)(=O)Cc1ccccc1. The molecule has 0 bridgehead atoms. The Kier molecular flexibility index (Phi) is 6.89. The second kappa shape index (κ2) is 9.58. The van der Waals surface area contributed by atoms with Gasteiger partial charge in [-0.2, -0.15) is 0 Å². The second-order valence-electron chi connectivity index (χ2n) is 6.75. The number of anilines is 1. The van der Waals surface area contributed by atoms with Crippen LogP contribution in [0.5, 0.6) is 0 Å². The van der Waals surface area contributed by atoms with Gasteiger partial charge in [0.05, 0.1) is 18.1 Å². The number of hydrogen-bond acceptors (Lipinski definition) is 6. The fourth-order valence-electron chi connectivity index (χ4n) is 3.06. The molecule has 1 heterocycles. The molecule has 1 amide bonds. The summed E-state index contributed by atoms with van der Waals surface area (Å²) in [5.74, 6) is -1.32. The van der Waals surface area contributed by atoms with Gasteiger partial charge in [0.25, 0.3) is 0 Å². The first kappa shape index (κ1) is 21.6. The normalized spacial score (nSPS) is 11.4. The topological polar surface area (TPSA) is 103 Å². The molecule has 0 radical (unpaired) electrons. The molecule has 158 valence electrons. The maximum Gasteiger partial charge on any atom is 0.376 e. The lowest BCUT2D eigenvalue weighted by Gasteiger charge is -2.07. The van der Waals surface area contributed by atoms with Gasteiger partial charge in [-0.05, 0) is 31.0 Å². The number of carbonyl (C=O) groups excluding carboxylic acids is 2. The third kappa shape index (κ3) is 5.48. The van der Waals surface area contributed by atoms with E-state index in [4.69, 9.17) is 9.15 Å². The minimum atomic E-state index is -3.33. The van der Waals surface area contributed by atoms with E-state index in [0.717, 1.165) is 0 Å². The van der Waals surface area contributed by atoms with E-state index in [0.29, 0.717) is 16.5 Å². The molecule has 8 heteroatoms. The molecule has 2 aromatic carbocycles. The van der Waals surface area contributed by atoms with Crippen LogP contribution in [0.4, 0.5) is 5.69 Å². The first-order valence-electron chi connectivity index (χ1n) is 9.62. The molecule has 0 aliphatic carbocycles. The Labute approximate surface area is 174 Å². The summed E-state index contributed by atoms with van der Waals surface area (Å²) in [6.07, 6.45) is 0.168. The highest BCUT2D eigenvalue weighted by molar-refractivity contribution is 7.90. The van der Waals surface area contributed by atoms with Crippen LogP contribution in [0.3, 0.4) is 0 Å². The van der Waals surface area contributed by atoms with Crippen molar-refractivity contribution in [1.82, 2.24) is 0 Å². The minimum Gasteiger partial charge on any atom is -0.460 e. The number of hydrogen-bond donors (Lipinski definition) is 1. The van der Waals surface area contributed by atoms with Gasteiger partial charge >= 0.3 is 5.97 Å². The molecule has 3 rings (SSSR count). The molecule has 0 saturated heterocycles. The fraction of sp³-hybridized carbons (Fsp3) is 0.273. The molecule has 0 aliphatic heterocycles. The van der Waals surface area contributed by atoms with Crippen molar-refractivity contribution < 1.29 is 27.2 Å². The van der Waals surface area contributed by atoms with Crippen molar-refractivity contribution in [2.45, 2.75) is 25.5 Å². The Morgan fingerprint density at radius 2 is 1.73 bits per heavy atom. The summed E-state index contributed by atoms with van der Waals surface area (Å²) in [5.41, 5.74) is 1.40. The van der Waals surface area contributed by atoms with Crippen molar-refractivity contribution in [3.8, 4) is 0 Å². The van der Waals surface area contributed by atoms with E-state index in [1.807, 2.05) is 6.07 Å². The quantitative estimate of drug-likeness (QED) is 0.517. The van der Waals surface area contributed by atoms with E-state index in [-0.39, 0.29) is 42.4 Å². The Bertz CT molecular complexity index is 1130. The van der Waals surface area contributed by atoms with Crippen LogP contribution in [0.15, 0.2) is 59.0 Å². The highest BCUT2D eigenvalue weighted by Crippen LogP contribution is 2.31. The molecule has 0 unspecified atom stereocenters. The fourth-order valence-corrected chi connectivity index (χ4v) is 4.49. The van der Waals surface area contributed by atoms with E-state index in [1.165, 1.54) is 0 Å². The van der Waals surface area contributed by atoms with Gasteiger partial charge in [0.1, 0.15) is 11.3 Å². The monoisotopic (exact) mass is 429 g/mol. The van der Waals surface area contributed by atoms with E-state index < -0.39 is 21.7 Å². The Hall–Kier alpha value is -3.13. The molecule has 0 atom stereocenters. The predicted molar refractivity (Wildman–Crippen MR) is 114 cm³/mol. The molecule has 1 aromatic heterocycles. The number of para-hydroxylation sites is 1. The number of nitrogens with one attached hydrogen (secondary N) is 1. The molecular formula is C22H23NO6S. The molecule has 3 aromatic rings. The van der Waals surface area contributed by atoms with Gasteiger partial charge in [0.2, 0.25) is 11.7 Å². The molecule has 0 aliphatic rings. The number of ether oxygens (including phenoxy) is 1. The van der Waals surface area contributed by atoms with Crippen LogP contribution >= 0.6 is 0 Å². The lowest BCUT2D eigenvalue weighted by atomic mass is 10.2. The van der Waals surface area contributed by atoms with Crippen molar-refractivity contribution in [3.05, 3.63) is 65.9 Å². The number of amides is 1. The summed E-state index contributed by atoms with van der Waals surface area (Å²) >= 11 is 0. The van der Waals surface area contributed by atoms with Gasteiger partial charge in [-0.25, -0.2) is 13.2 Å². The second-order valence-corrected chi connectivity index (χ2v) is 8.94. The molecule has 30 heavy (non-hydrogen) atoms. The number of furan rings is 1. The highest BCUT2D eigenvalue weighted by Gasteiger charge is 2.23. The largest absolute Gasteiger partial charge is 0.460 e. The van der Waals surface area contributed by atoms with E-state index in [2.05, 4.69) is 5.32 Å². The minimum absolute atomic E-state index is 0.00417. The van der Waals surface area contributed by atoms with Gasteiger partial charge in [0.15, 0.2) is 9.84 Å². The van der Waals surface area contributed by atoms with Crippen LogP contribution in [0.2, 0.25) is 0 Å². The van der Waals surface area contributed by atoms with Gasteiger partial charge in [-0.3, -0.25) is 4.79 Å². The van der Waals surface area contributed by atoms with Gasteiger partial charge < -0.3 is 14.5 Å². The number of rotatable bonds is 9. The zero-order valence-electron chi connectivity index (χ0n) is 16.6. The number of esters is 1. The van der Waals surface area contributed by atoms with Crippen molar-refractivity contribution in [2.24, 2.45) is 0 Å². The van der Waals surface area contributed by atoms with Crippen LogP contribution < -0.4 is 5.32 Å². The standard InChI is InChI=1S/C22H23NO6S/c1-2-28-22(25)21-20(17-11-6-7-12-18(17)29-21)23-19(24)13-8-14-30(26,27)15-16-9-4-3-5-10-16/h3-7,9-12H,2,8,13-15H2,1H3,(H,23,24). The average molecular weight is 429 g/mol. The zero-order valence-corrected chi connectivity index (χ0v) is 17.4. The molecule has 1 N–H and O–H groups in total. The van der Waals surface area contributed by atoms with Gasteiger partial charge in [-0.15, -0.1) is 0 Å². The first-order valence-corrected chi connectivity index (χ1v) is 11.4. The molecular weight excluding hydrogens is 406 g/mol. The Morgan fingerprint density at radius 3 is 2.47 bits per heavy atom. The summed E-state index contributed by atoms with van der Waals surface area (Å²) in [5, 5.41) is 3.26. The maximum absolute atomic E-state index is 12.4. The number of sulfone groups is 1. The van der Waals surface area contributed by atoms with Crippen LogP contribution in [0, 0.1) is 0 Å². The third-order valence-corrected chi connectivity index (χ3v) is 6.09. The van der Waals surface area contributed by atoms with E-state index >= 15 is 0 Å². The summed E-state index contributed by atoms with van der Waals surface area (Å²) in [7, 11) is -3.33. The number of carbonyl (C=O) groups is 2. The van der Waals surface area contributed by atoms with Crippen LogP contribution in [0.1, 0.15) is 35.9 Å². The maximum atomic E-state index is 12.4. The van der Waals surface area contributed by atoms with E-state index in [1.54, 1.807) is 55.5 Å². The molecule has 0 saturated carbocycles. The molecule has 7 nitrogen and oxygen atoms in total. The predicted octanol–water partition coefficient (Wildman–Crippen LogP) is 3.94. The van der Waals surface area contributed by atoms with Crippen LogP contribution in [0.25, 0.3) is 11.0 Å². The Morgan fingerprint density at radius 1 is 1.03 bits per heavy atom. The molecule has 0 fully saturated rings. The molecule has 0 spiro atoms. The first-order chi connectivity index (χ1) is 14.4. The summed E-state index contributed by atoms with van der Waals surface area (Å²) in [6.45, 7) is 1.84. The summed E-state index contributed by atoms with van der Waals surface area (Å²) in [6, 6.07) is 15.8. The van der Waals surface area contributed by atoms with Crippen molar-refractivity contribution in [2.75, 3.05) is 17.7 Å². The highest BCUT2D eigenvalue weighted by atomic mass is 32.2. The van der Waals surface area contributed by atoms with E-state index in [9.17, 15) is 18.0 Å².